The van der Waals surface area contributed by atoms with Crippen LogP contribution in [-0.4, -0.2) is 81.1 Å². The van der Waals surface area contributed by atoms with Crippen molar-refractivity contribution in [2.24, 2.45) is 11.8 Å². The SMILES string of the molecule is CCCCN1CC=C[C@]23S[C@@]4(C)C=CCCOC(=O)[C@H]4[C@H]2C(=O)N(CCCCCCO)C3C1=O. The quantitative estimate of drug-likeness (QED) is 0.304. The van der Waals surface area contributed by atoms with Gasteiger partial charge < -0.3 is 19.6 Å². The second kappa shape index (κ2) is 10.4. The molecule has 1 unspecified atom stereocenters. The van der Waals surface area contributed by atoms with Crippen LogP contribution >= 0.6 is 11.8 Å². The zero-order valence-electron chi connectivity index (χ0n) is 20.4. The Balaban J connectivity index is 1.72. The second-order valence-electron chi connectivity index (χ2n) is 10.1. The summed E-state index contributed by atoms with van der Waals surface area (Å²) >= 11 is 1.61. The van der Waals surface area contributed by atoms with Crippen LogP contribution in [0.15, 0.2) is 24.3 Å². The molecule has 2 fully saturated rings. The number of ether oxygens (including phenoxy) is 1. The fourth-order valence-electron chi connectivity index (χ4n) is 6.07. The van der Waals surface area contributed by atoms with Gasteiger partial charge in [0.05, 0.1) is 23.2 Å². The third kappa shape index (κ3) is 4.32. The van der Waals surface area contributed by atoms with Crippen molar-refractivity contribution < 1.29 is 24.2 Å². The molecule has 2 amide bonds. The van der Waals surface area contributed by atoms with Crippen LogP contribution in [-0.2, 0) is 19.1 Å². The number of unbranched alkanes of at least 4 members (excludes halogenated alkanes) is 4. The summed E-state index contributed by atoms with van der Waals surface area (Å²) in [7, 11) is 0. The van der Waals surface area contributed by atoms with E-state index in [4.69, 9.17) is 9.84 Å². The highest BCUT2D eigenvalue weighted by Gasteiger charge is 2.73. The molecule has 4 aliphatic rings. The summed E-state index contributed by atoms with van der Waals surface area (Å²) in [6.07, 6.45) is 14.1. The van der Waals surface area contributed by atoms with Crippen molar-refractivity contribution >= 4 is 29.5 Å². The van der Waals surface area contributed by atoms with E-state index in [2.05, 4.69) is 19.1 Å². The summed E-state index contributed by atoms with van der Waals surface area (Å²) in [5.41, 5.74) is 0. The fourth-order valence-corrected chi connectivity index (χ4v) is 8.23. The van der Waals surface area contributed by atoms with Crippen molar-refractivity contribution in [1.82, 2.24) is 9.80 Å². The molecule has 4 rings (SSSR count). The van der Waals surface area contributed by atoms with Crippen LogP contribution in [0, 0.1) is 11.8 Å². The summed E-state index contributed by atoms with van der Waals surface area (Å²) in [5, 5.41) is 9.08. The van der Waals surface area contributed by atoms with E-state index in [1.807, 2.05) is 24.0 Å². The largest absolute Gasteiger partial charge is 0.465 e. The highest BCUT2D eigenvalue weighted by atomic mass is 32.2. The molecule has 0 aliphatic carbocycles. The summed E-state index contributed by atoms with van der Waals surface area (Å²) in [6, 6.07) is -0.616. The van der Waals surface area contributed by atoms with Gasteiger partial charge in [0.2, 0.25) is 11.8 Å². The zero-order chi connectivity index (χ0) is 24.3. The first-order valence-corrected chi connectivity index (χ1v) is 13.6. The number of nitrogens with zero attached hydrogens (tertiary/aromatic N) is 2. The maximum atomic E-state index is 14.0. The van der Waals surface area contributed by atoms with Crippen molar-refractivity contribution in [3.05, 3.63) is 24.3 Å². The zero-order valence-corrected chi connectivity index (χ0v) is 21.2. The molecule has 8 heteroatoms. The summed E-state index contributed by atoms with van der Waals surface area (Å²) in [4.78, 5) is 44.9. The Bertz CT molecular complexity index is 860. The van der Waals surface area contributed by atoms with E-state index < -0.39 is 27.4 Å². The first-order valence-electron chi connectivity index (χ1n) is 12.8. The van der Waals surface area contributed by atoms with E-state index in [1.54, 1.807) is 16.7 Å². The van der Waals surface area contributed by atoms with E-state index >= 15 is 0 Å². The molecule has 0 aromatic heterocycles. The van der Waals surface area contributed by atoms with Crippen LogP contribution < -0.4 is 0 Å². The number of rotatable bonds is 9. The average molecular weight is 491 g/mol. The molecule has 7 nitrogen and oxygen atoms in total. The molecule has 188 valence electrons. The minimum absolute atomic E-state index is 0.00706. The van der Waals surface area contributed by atoms with E-state index in [1.165, 1.54) is 0 Å². The van der Waals surface area contributed by atoms with Gasteiger partial charge in [0.15, 0.2) is 0 Å². The highest BCUT2D eigenvalue weighted by Crippen LogP contribution is 2.65. The third-order valence-electron chi connectivity index (χ3n) is 7.69. The highest BCUT2D eigenvalue weighted by molar-refractivity contribution is 8.02. The number of hydrogen-bond acceptors (Lipinski definition) is 6. The van der Waals surface area contributed by atoms with E-state index in [0.717, 1.165) is 38.5 Å². The lowest BCUT2D eigenvalue weighted by atomic mass is 9.74. The Kier molecular flexibility index (Phi) is 7.77. The standard InChI is InChI=1S/C26H38N2O5S/c1-3-4-14-27-15-11-13-26-19(20-24(32)33-18-10-7-12-25(20,2)34-26)22(30)28(21(26)23(27)31)16-8-5-6-9-17-29/h7,11-13,19-21,29H,3-6,8-10,14-18H2,1-2H3/t19-,20+,21?,25-,26-/m0/s1. The van der Waals surface area contributed by atoms with Crippen molar-refractivity contribution in [1.29, 1.82) is 0 Å². The number of aliphatic hydroxyl groups is 1. The Labute approximate surface area is 206 Å². The molecule has 5 atom stereocenters. The number of carbonyl (C=O) groups is 3. The van der Waals surface area contributed by atoms with Gasteiger partial charge in [0, 0.05) is 31.0 Å². The van der Waals surface area contributed by atoms with Crippen molar-refractivity contribution in [3.8, 4) is 0 Å². The van der Waals surface area contributed by atoms with Gasteiger partial charge in [-0.2, -0.15) is 0 Å². The molecule has 4 aliphatic heterocycles. The number of likely N-dealkylation sites (tertiary alicyclic amines) is 1. The first-order chi connectivity index (χ1) is 16.4. The smallest absolute Gasteiger partial charge is 0.311 e. The molecule has 1 spiro atoms. The minimum Gasteiger partial charge on any atom is -0.465 e. The molecule has 0 aromatic rings. The lowest BCUT2D eigenvalue weighted by molar-refractivity contribution is -0.154. The monoisotopic (exact) mass is 490 g/mol. The van der Waals surface area contributed by atoms with Gasteiger partial charge in [-0.05, 0) is 32.6 Å². The van der Waals surface area contributed by atoms with Crippen LogP contribution in [0.3, 0.4) is 0 Å². The summed E-state index contributed by atoms with van der Waals surface area (Å²) < 4.78 is 4.18. The van der Waals surface area contributed by atoms with E-state index in [-0.39, 0.29) is 24.4 Å². The Morgan fingerprint density at radius 1 is 1.03 bits per heavy atom. The van der Waals surface area contributed by atoms with Gasteiger partial charge in [0.1, 0.15) is 6.04 Å². The number of amides is 2. The first kappa shape index (κ1) is 25.3. The van der Waals surface area contributed by atoms with Crippen molar-refractivity contribution in [2.45, 2.75) is 74.3 Å². The fraction of sp³-hybridized carbons (Fsp3) is 0.731. The number of hydrogen-bond donors (Lipinski definition) is 1. The minimum atomic E-state index is -0.784. The molecular formula is C26H38N2O5S. The second-order valence-corrected chi connectivity index (χ2v) is 11.9. The van der Waals surface area contributed by atoms with Crippen LogP contribution in [0.5, 0.6) is 0 Å². The molecule has 2 saturated heterocycles. The normalized spacial score (nSPS) is 34.9. The van der Waals surface area contributed by atoms with E-state index in [9.17, 15) is 14.4 Å². The maximum Gasteiger partial charge on any atom is 0.311 e. The van der Waals surface area contributed by atoms with Gasteiger partial charge in [-0.1, -0.05) is 50.5 Å². The number of thioether (sulfide) groups is 1. The number of esters is 1. The summed E-state index contributed by atoms with van der Waals surface area (Å²) in [5.74, 6) is -1.68. The van der Waals surface area contributed by atoms with Crippen LogP contribution in [0.25, 0.3) is 0 Å². The van der Waals surface area contributed by atoms with Gasteiger partial charge in [0.25, 0.3) is 0 Å². The van der Waals surface area contributed by atoms with E-state index in [0.29, 0.717) is 32.7 Å². The van der Waals surface area contributed by atoms with Crippen LogP contribution in [0.2, 0.25) is 0 Å². The number of cyclic esters (lactones) is 1. The van der Waals surface area contributed by atoms with Gasteiger partial charge in [-0.15, -0.1) is 11.8 Å². The van der Waals surface area contributed by atoms with Gasteiger partial charge >= 0.3 is 5.97 Å². The lowest BCUT2D eigenvalue weighted by Gasteiger charge is -2.37. The molecule has 34 heavy (non-hydrogen) atoms. The number of fused-ring (bicyclic) bond motifs is 2. The van der Waals surface area contributed by atoms with Crippen LogP contribution in [0.1, 0.15) is 58.8 Å². The molecule has 0 radical (unpaired) electrons. The molecule has 0 bridgehead atoms. The molecule has 0 saturated carbocycles. The summed E-state index contributed by atoms with van der Waals surface area (Å²) in [6.45, 7) is 6.29. The van der Waals surface area contributed by atoms with Crippen LogP contribution in [0.4, 0.5) is 0 Å². The molecule has 1 N–H and O–H groups in total. The number of carbonyl (C=O) groups excluding carboxylic acids is 3. The van der Waals surface area contributed by atoms with Gasteiger partial charge in [-0.3, -0.25) is 14.4 Å². The Morgan fingerprint density at radius 3 is 2.59 bits per heavy atom. The molecule has 0 aromatic carbocycles. The molecule has 4 heterocycles. The predicted octanol–water partition coefficient (Wildman–Crippen LogP) is 2.93. The van der Waals surface area contributed by atoms with Crippen molar-refractivity contribution in [3.63, 3.8) is 0 Å². The predicted molar refractivity (Wildman–Crippen MR) is 132 cm³/mol. The lowest BCUT2D eigenvalue weighted by Crippen LogP contribution is -2.53. The third-order valence-corrected chi connectivity index (χ3v) is 9.49. The maximum absolute atomic E-state index is 14.0. The average Bonchev–Trinajstić information content (AvgIpc) is 3.12. The molecular weight excluding hydrogens is 452 g/mol. The van der Waals surface area contributed by atoms with Gasteiger partial charge in [-0.25, -0.2) is 0 Å². The van der Waals surface area contributed by atoms with Crippen molar-refractivity contribution in [2.75, 3.05) is 32.8 Å². The Morgan fingerprint density at radius 2 is 1.82 bits per heavy atom. The Hall–Kier alpha value is -1.80. The topological polar surface area (TPSA) is 87.2 Å². The number of aliphatic hydroxyl groups excluding tert-OH is 1.